The number of piperidine rings is 1. The molecule has 6 aromatic rings. The Morgan fingerprint density at radius 1 is 0.797 bits per heavy atom. The second-order valence-electron chi connectivity index (χ2n) is 18.2. The third-order valence-electron chi connectivity index (χ3n) is 13.5. The molecule has 4 aliphatic heterocycles. The zero-order chi connectivity index (χ0) is 47.9. The molecule has 0 radical (unpaired) electrons. The van der Waals surface area contributed by atoms with Crippen LogP contribution in [-0.2, 0) is 16.6 Å². The first kappa shape index (κ1) is 46.1. The zero-order valence-electron chi connectivity index (χ0n) is 38.9. The molecule has 10 rings (SSSR count). The summed E-state index contributed by atoms with van der Waals surface area (Å²) in [5.41, 5.74) is 8.61. The molecule has 354 valence electrons. The Morgan fingerprint density at radius 2 is 1.59 bits per heavy atom. The molecule has 0 spiro atoms. The summed E-state index contributed by atoms with van der Waals surface area (Å²) in [7, 11) is 3.16. The molecule has 4 amide bonds. The van der Waals surface area contributed by atoms with Gasteiger partial charge in [-0.15, -0.1) is 0 Å². The maximum absolute atomic E-state index is 13.5. The van der Waals surface area contributed by atoms with Crippen LogP contribution in [0.2, 0.25) is 0 Å². The Bertz CT molecular complexity index is 2980. The maximum atomic E-state index is 13.5. The lowest BCUT2D eigenvalue weighted by Crippen LogP contribution is -2.54. The monoisotopic (exact) mass is 1010 g/mol. The molecule has 3 N–H and O–H groups in total. The van der Waals surface area contributed by atoms with Crippen molar-refractivity contribution in [3.8, 4) is 28.0 Å². The number of fused-ring (bicyclic) bond motifs is 1. The van der Waals surface area contributed by atoms with Crippen LogP contribution in [0.5, 0.6) is 5.75 Å². The van der Waals surface area contributed by atoms with Gasteiger partial charge in [-0.1, -0.05) is 44.3 Å². The minimum Gasteiger partial charge on any atom is -0.494 e. The highest BCUT2D eigenvalue weighted by Gasteiger charge is 2.45. The molecular weight excluding hydrogens is 958 g/mol. The number of hydrogen-bond acceptors (Lipinski definition) is 13. The van der Waals surface area contributed by atoms with Gasteiger partial charge in [-0.05, 0) is 101 Å². The fraction of sp³-hybridized carbons (Fsp3) is 0.314. The van der Waals surface area contributed by atoms with E-state index in [0.29, 0.717) is 34.6 Å². The van der Waals surface area contributed by atoms with Gasteiger partial charge in [0.1, 0.15) is 17.6 Å². The highest BCUT2D eigenvalue weighted by Crippen LogP contribution is 2.42. The summed E-state index contributed by atoms with van der Waals surface area (Å²) in [6.45, 7) is 10.5. The van der Waals surface area contributed by atoms with E-state index < -0.39 is 37.6 Å². The van der Waals surface area contributed by atoms with Gasteiger partial charge >= 0.3 is 0 Å². The lowest BCUT2D eigenvalue weighted by atomic mass is 10.0. The lowest BCUT2D eigenvalue weighted by Gasteiger charge is -2.38. The van der Waals surface area contributed by atoms with Crippen LogP contribution in [0.15, 0.2) is 102 Å². The predicted molar refractivity (Wildman–Crippen MR) is 274 cm³/mol. The molecule has 2 aromatic heterocycles. The van der Waals surface area contributed by atoms with Crippen molar-refractivity contribution in [2.75, 3.05) is 86.7 Å². The highest BCUT2D eigenvalue weighted by atomic mass is 79.9. The van der Waals surface area contributed by atoms with Crippen LogP contribution in [0.4, 0.5) is 34.5 Å². The van der Waals surface area contributed by atoms with Gasteiger partial charge < -0.3 is 25.2 Å². The second-order valence-corrected chi connectivity index (χ2v) is 21.3. The van der Waals surface area contributed by atoms with E-state index in [2.05, 4.69) is 125 Å². The van der Waals surface area contributed by atoms with Gasteiger partial charge in [-0.2, -0.15) is 10.1 Å². The summed E-state index contributed by atoms with van der Waals surface area (Å²) in [5.74, 6) is 0.158. The second kappa shape index (κ2) is 19.4. The van der Waals surface area contributed by atoms with Crippen LogP contribution in [0.25, 0.3) is 22.3 Å². The van der Waals surface area contributed by atoms with Gasteiger partial charge in [-0.25, -0.2) is 4.98 Å². The van der Waals surface area contributed by atoms with E-state index in [0.717, 1.165) is 95.5 Å². The summed E-state index contributed by atoms with van der Waals surface area (Å²) in [6.07, 6.45) is 6.88. The van der Waals surface area contributed by atoms with Crippen LogP contribution in [0.1, 0.15) is 40.0 Å². The minimum atomic E-state index is -0.986. The standard InChI is InChI=1S/C51H53BrN11O5P/c1-59-30-34(26-54-59)37-24-41(56-51-53-27-39(52)47(58-51)55-40-13-10-33(22-45(40)69(3)4)32-8-6-5-7-9-32)44(68-2)25-43(37)61-20-18-60(19-21-61)28-31-16-17-62(29-31)35-11-12-36-38(23-35)50(67)63(49(36)66)42-14-15-46(64)57-48(42)65/h5-13,22-27,30-31,42H,14-21,28-29H2,1-4H3,(H,57,64,65)(H2,53,55,56,58). The molecule has 0 aliphatic carbocycles. The smallest absolute Gasteiger partial charge is 0.262 e. The summed E-state index contributed by atoms with van der Waals surface area (Å²) >= 11 is 3.69. The number of halogens is 1. The van der Waals surface area contributed by atoms with Crippen LogP contribution >= 0.6 is 23.9 Å². The van der Waals surface area contributed by atoms with Crippen molar-refractivity contribution in [1.82, 2.24) is 34.9 Å². The molecule has 0 saturated carbocycles. The summed E-state index contributed by atoms with van der Waals surface area (Å²) in [4.78, 5) is 68.9. The number of ether oxygens (including phenoxy) is 1. The van der Waals surface area contributed by atoms with E-state index in [1.54, 1.807) is 25.4 Å². The minimum absolute atomic E-state index is 0.0856. The Morgan fingerprint density at radius 3 is 2.33 bits per heavy atom. The number of aryl methyl sites for hydroxylation is 1. The van der Waals surface area contributed by atoms with Crippen molar-refractivity contribution in [2.24, 2.45) is 13.0 Å². The van der Waals surface area contributed by atoms with Crippen molar-refractivity contribution in [3.05, 3.63) is 113 Å². The topological polar surface area (TPSA) is 170 Å². The highest BCUT2D eigenvalue weighted by molar-refractivity contribution is 9.10. The molecule has 2 unspecified atom stereocenters. The number of methoxy groups -OCH3 is 1. The number of nitrogens with one attached hydrogen (secondary N) is 3. The van der Waals surface area contributed by atoms with Crippen molar-refractivity contribution >= 4 is 87.3 Å². The Labute approximate surface area is 410 Å². The molecule has 4 aliphatic rings. The van der Waals surface area contributed by atoms with Crippen LogP contribution in [0.3, 0.4) is 0 Å². The van der Waals surface area contributed by atoms with E-state index in [1.165, 1.54) is 16.4 Å². The fourth-order valence-corrected chi connectivity index (χ4v) is 11.2. The third kappa shape index (κ3) is 9.42. The summed E-state index contributed by atoms with van der Waals surface area (Å²) in [6, 6.07) is 25.5. The number of carbonyl (C=O) groups excluding carboxylic acids is 4. The number of imide groups is 2. The number of nitrogens with zero attached hydrogens (tertiary/aromatic N) is 8. The van der Waals surface area contributed by atoms with Crippen LogP contribution in [0, 0.1) is 5.92 Å². The number of anilines is 6. The lowest BCUT2D eigenvalue weighted by molar-refractivity contribution is -0.136. The number of aromatic nitrogens is 4. The number of amides is 4. The first-order valence-corrected chi connectivity index (χ1v) is 26.2. The van der Waals surface area contributed by atoms with Gasteiger partial charge in [0, 0.05) is 106 Å². The molecule has 0 bridgehead atoms. The van der Waals surface area contributed by atoms with Crippen molar-refractivity contribution in [2.45, 2.75) is 25.3 Å². The molecule has 18 heteroatoms. The van der Waals surface area contributed by atoms with Crippen molar-refractivity contribution in [1.29, 1.82) is 0 Å². The first-order valence-electron chi connectivity index (χ1n) is 23.1. The van der Waals surface area contributed by atoms with E-state index in [-0.39, 0.29) is 12.8 Å². The maximum Gasteiger partial charge on any atom is 0.262 e. The molecule has 16 nitrogen and oxygen atoms in total. The normalized spacial score (nSPS) is 18.6. The molecule has 2 atom stereocenters. The van der Waals surface area contributed by atoms with Crippen molar-refractivity contribution < 1.29 is 23.9 Å². The van der Waals surface area contributed by atoms with Gasteiger partial charge in [0.15, 0.2) is 0 Å². The van der Waals surface area contributed by atoms with Crippen LogP contribution in [-0.4, -0.2) is 125 Å². The summed E-state index contributed by atoms with van der Waals surface area (Å²) in [5, 5.41) is 15.1. The van der Waals surface area contributed by atoms with Crippen LogP contribution < -0.4 is 35.8 Å². The first-order chi connectivity index (χ1) is 33.4. The van der Waals surface area contributed by atoms with Gasteiger partial charge in [0.2, 0.25) is 17.8 Å². The SMILES string of the molecule is COc1cc(N2CCN(CC3CCN(c4ccc5c(c4)C(=O)N(C4CCC(=O)NC4=O)C5=O)C3)CC2)c(-c2cnn(C)c2)cc1Nc1ncc(Br)c(Nc2ccc(-c3ccccc3)cc2P(C)C)n1. The Balaban J connectivity index is 0.810. The Kier molecular flexibility index (Phi) is 12.9. The number of rotatable bonds is 13. The molecule has 69 heavy (non-hydrogen) atoms. The Hall–Kier alpha value is -6.68. The number of hydrogen-bond donors (Lipinski definition) is 3. The van der Waals surface area contributed by atoms with E-state index in [1.807, 2.05) is 36.3 Å². The van der Waals surface area contributed by atoms with Crippen molar-refractivity contribution in [3.63, 3.8) is 0 Å². The quantitative estimate of drug-likeness (QED) is 0.0784. The van der Waals surface area contributed by atoms with E-state index >= 15 is 0 Å². The molecule has 4 aromatic carbocycles. The molecule has 3 saturated heterocycles. The number of carbonyl (C=O) groups is 4. The average molecular weight is 1010 g/mol. The molecule has 6 heterocycles. The van der Waals surface area contributed by atoms with Gasteiger partial charge in [0.25, 0.3) is 11.8 Å². The zero-order valence-corrected chi connectivity index (χ0v) is 41.4. The predicted octanol–water partition coefficient (Wildman–Crippen LogP) is 7.22. The van der Waals surface area contributed by atoms with E-state index in [9.17, 15) is 19.2 Å². The largest absolute Gasteiger partial charge is 0.494 e. The van der Waals surface area contributed by atoms with Gasteiger partial charge in [0.05, 0.1) is 34.6 Å². The summed E-state index contributed by atoms with van der Waals surface area (Å²) < 4.78 is 8.60. The fourth-order valence-electron chi connectivity index (χ4n) is 9.88. The van der Waals surface area contributed by atoms with Gasteiger partial charge in [-0.3, -0.25) is 39.0 Å². The van der Waals surface area contributed by atoms with E-state index in [4.69, 9.17) is 9.72 Å². The third-order valence-corrected chi connectivity index (χ3v) is 15.4. The number of piperazine rings is 1. The molecule has 3 fully saturated rings. The average Bonchev–Trinajstić information content (AvgIpc) is 4.08. The number of benzene rings is 4. The molecular formula is C51H53BrN11O5P.